The van der Waals surface area contributed by atoms with Crippen LogP contribution in [0.5, 0.6) is 0 Å². The summed E-state index contributed by atoms with van der Waals surface area (Å²) in [6.07, 6.45) is 3.43. The van der Waals surface area contributed by atoms with Crippen LogP contribution in [0.3, 0.4) is 0 Å². The zero-order chi connectivity index (χ0) is 16.2. The third-order valence-electron chi connectivity index (χ3n) is 3.82. The maximum Gasteiger partial charge on any atom is 0.151 e. The Morgan fingerprint density at radius 3 is 2.09 bits per heavy atom. The molecular weight excluding hydrogens is 294 g/mol. The van der Waals surface area contributed by atoms with E-state index in [1.54, 1.807) is 12.4 Å². The first-order chi connectivity index (χ1) is 10.3. The Hall–Kier alpha value is -1.68. The molecule has 0 N–H and O–H groups in total. The van der Waals surface area contributed by atoms with E-state index in [9.17, 15) is 8.42 Å². The molecule has 0 aliphatic rings. The van der Waals surface area contributed by atoms with Crippen molar-refractivity contribution in [1.29, 1.82) is 0 Å². The molecule has 1 heterocycles. The van der Waals surface area contributed by atoms with Crippen LogP contribution in [0, 0.1) is 5.92 Å². The van der Waals surface area contributed by atoms with E-state index in [1.807, 2.05) is 63.2 Å². The lowest BCUT2D eigenvalue weighted by atomic mass is 9.78. The van der Waals surface area contributed by atoms with Crippen LogP contribution in [0.4, 0.5) is 0 Å². The largest absolute Gasteiger partial charge is 0.265 e. The fourth-order valence-electron chi connectivity index (χ4n) is 2.87. The molecule has 0 saturated carbocycles. The van der Waals surface area contributed by atoms with Crippen molar-refractivity contribution in [1.82, 2.24) is 4.98 Å². The highest BCUT2D eigenvalue weighted by atomic mass is 32.2. The van der Waals surface area contributed by atoms with Gasteiger partial charge in [0.05, 0.1) is 11.5 Å². The Balaban J connectivity index is 2.48. The second kappa shape index (κ2) is 6.61. The first kappa shape index (κ1) is 16.7. The highest BCUT2D eigenvalue weighted by Gasteiger charge is 2.34. The van der Waals surface area contributed by atoms with Crippen LogP contribution in [0.1, 0.15) is 31.9 Å². The van der Waals surface area contributed by atoms with Crippen LogP contribution in [-0.2, 0) is 15.3 Å². The molecule has 1 aromatic heterocycles. The van der Waals surface area contributed by atoms with Gasteiger partial charge in [-0.15, -0.1) is 0 Å². The van der Waals surface area contributed by atoms with Gasteiger partial charge in [0.1, 0.15) is 0 Å². The van der Waals surface area contributed by atoms with Gasteiger partial charge in [0.15, 0.2) is 9.84 Å². The number of hydrogen-bond acceptors (Lipinski definition) is 3. The van der Waals surface area contributed by atoms with Gasteiger partial charge in [-0.2, -0.15) is 0 Å². The first-order valence-electron chi connectivity index (χ1n) is 7.50. The molecule has 1 aromatic carbocycles. The van der Waals surface area contributed by atoms with Crippen LogP contribution < -0.4 is 0 Å². The van der Waals surface area contributed by atoms with Gasteiger partial charge >= 0.3 is 0 Å². The fraction of sp³-hybridized carbons (Fsp3) is 0.389. The van der Waals surface area contributed by atoms with E-state index < -0.39 is 15.3 Å². The summed E-state index contributed by atoms with van der Waals surface area (Å²) in [6, 6.07) is 13.6. The summed E-state index contributed by atoms with van der Waals surface area (Å²) in [4.78, 5) is 4.05. The summed E-state index contributed by atoms with van der Waals surface area (Å²) in [7, 11) is -3.16. The molecular formula is C18H23NO2S. The number of hydrogen-bond donors (Lipinski definition) is 0. The van der Waals surface area contributed by atoms with E-state index in [4.69, 9.17) is 0 Å². The molecule has 0 spiro atoms. The van der Waals surface area contributed by atoms with Gasteiger partial charge in [0.25, 0.3) is 0 Å². The van der Waals surface area contributed by atoms with Crippen molar-refractivity contribution in [2.75, 3.05) is 11.5 Å². The fourth-order valence-corrected chi connectivity index (χ4v) is 5.21. The average molecular weight is 317 g/mol. The van der Waals surface area contributed by atoms with Gasteiger partial charge in [0.2, 0.25) is 0 Å². The zero-order valence-electron chi connectivity index (χ0n) is 13.4. The minimum Gasteiger partial charge on any atom is -0.265 e. The zero-order valence-corrected chi connectivity index (χ0v) is 14.2. The van der Waals surface area contributed by atoms with Crippen molar-refractivity contribution in [2.24, 2.45) is 5.92 Å². The Bertz CT molecular complexity index is 655. The lowest BCUT2D eigenvalue weighted by molar-refractivity contribution is 0.556. The molecule has 0 saturated heterocycles. The van der Waals surface area contributed by atoms with Gasteiger partial charge in [-0.3, -0.25) is 4.98 Å². The third kappa shape index (κ3) is 3.95. The predicted octanol–water partition coefficient (Wildman–Crippen LogP) is 3.46. The van der Waals surface area contributed by atoms with Crippen molar-refractivity contribution in [3.05, 3.63) is 66.0 Å². The molecule has 2 rings (SSSR count). The van der Waals surface area contributed by atoms with Crippen molar-refractivity contribution in [2.45, 2.75) is 26.2 Å². The third-order valence-corrected chi connectivity index (χ3v) is 6.02. The Morgan fingerprint density at radius 2 is 1.55 bits per heavy atom. The average Bonchev–Trinajstić information content (AvgIpc) is 2.47. The van der Waals surface area contributed by atoms with Crippen molar-refractivity contribution < 1.29 is 8.42 Å². The molecule has 22 heavy (non-hydrogen) atoms. The van der Waals surface area contributed by atoms with E-state index in [0.29, 0.717) is 0 Å². The number of sulfone groups is 1. The topological polar surface area (TPSA) is 47.0 Å². The van der Waals surface area contributed by atoms with Crippen molar-refractivity contribution >= 4 is 9.84 Å². The molecule has 0 unspecified atom stereocenters. The summed E-state index contributed by atoms with van der Waals surface area (Å²) in [6.45, 7) is 5.86. The van der Waals surface area contributed by atoms with Gasteiger partial charge in [-0.25, -0.2) is 8.42 Å². The van der Waals surface area contributed by atoms with Crippen LogP contribution in [0.25, 0.3) is 0 Å². The van der Waals surface area contributed by atoms with Crippen molar-refractivity contribution in [3.8, 4) is 0 Å². The van der Waals surface area contributed by atoms with E-state index in [-0.39, 0.29) is 17.4 Å². The van der Waals surface area contributed by atoms with Crippen LogP contribution in [0.2, 0.25) is 0 Å². The summed E-state index contributed by atoms with van der Waals surface area (Å²) in [5.41, 5.74) is 1.41. The van der Waals surface area contributed by atoms with E-state index in [2.05, 4.69) is 4.98 Å². The van der Waals surface area contributed by atoms with Crippen LogP contribution in [0.15, 0.2) is 54.9 Å². The summed E-state index contributed by atoms with van der Waals surface area (Å²) < 4.78 is 25.2. The number of pyridine rings is 1. The second-order valence-corrected chi connectivity index (χ2v) is 8.49. The lowest BCUT2D eigenvalue weighted by Gasteiger charge is -2.31. The number of nitrogens with zero attached hydrogens (tertiary/aromatic N) is 1. The maximum absolute atomic E-state index is 12.6. The quantitative estimate of drug-likeness (QED) is 0.819. The van der Waals surface area contributed by atoms with E-state index >= 15 is 0 Å². The molecule has 0 aliphatic carbocycles. The molecule has 3 nitrogen and oxygen atoms in total. The van der Waals surface area contributed by atoms with Gasteiger partial charge < -0.3 is 0 Å². The summed E-state index contributed by atoms with van der Waals surface area (Å²) in [5.74, 6) is 0.439. The Labute approximate surface area is 133 Å². The number of rotatable bonds is 6. The molecule has 0 bridgehead atoms. The smallest absolute Gasteiger partial charge is 0.151 e. The van der Waals surface area contributed by atoms with Crippen LogP contribution in [-0.4, -0.2) is 24.9 Å². The molecule has 1 atom stereocenters. The SMILES string of the molecule is CC(C)CS(=O)(=O)C[C@@](C)(c1ccccc1)c1ccncc1. The minimum absolute atomic E-state index is 0.103. The summed E-state index contributed by atoms with van der Waals surface area (Å²) >= 11 is 0. The Kier molecular flexibility index (Phi) is 5.01. The molecule has 0 fully saturated rings. The minimum atomic E-state index is -3.16. The predicted molar refractivity (Wildman–Crippen MR) is 90.6 cm³/mol. The van der Waals surface area contributed by atoms with Gasteiger partial charge in [0, 0.05) is 17.8 Å². The van der Waals surface area contributed by atoms with E-state index in [0.717, 1.165) is 11.1 Å². The summed E-state index contributed by atoms with van der Waals surface area (Å²) in [5, 5.41) is 0. The number of benzene rings is 1. The lowest BCUT2D eigenvalue weighted by Crippen LogP contribution is -2.34. The van der Waals surface area contributed by atoms with Gasteiger partial charge in [-0.1, -0.05) is 51.1 Å². The highest BCUT2D eigenvalue weighted by molar-refractivity contribution is 7.91. The first-order valence-corrected chi connectivity index (χ1v) is 9.32. The highest BCUT2D eigenvalue weighted by Crippen LogP contribution is 2.33. The Morgan fingerprint density at radius 1 is 1.00 bits per heavy atom. The molecule has 118 valence electrons. The van der Waals surface area contributed by atoms with Crippen molar-refractivity contribution in [3.63, 3.8) is 0 Å². The second-order valence-electron chi connectivity index (χ2n) is 6.38. The molecule has 4 heteroatoms. The standard InChI is InChI=1S/C18H23NO2S/c1-15(2)13-22(20,21)14-18(3,16-7-5-4-6-8-16)17-9-11-19-12-10-17/h4-12,15H,13-14H2,1-3H3/t18-/m0/s1. The monoisotopic (exact) mass is 317 g/mol. The molecule has 0 radical (unpaired) electrons. The molecule has 0 aliphatic heterocycles. The van der Waals surface area contributed by atoms with Gasteiger partial charge in [-0.05, 0) is 29.2 Å². The molecule has 0 amide bonds. The maximum atomic E-state index is 12.6. The normalized spacial score (nSPS) is 14.7. The van der Waals surface area contributed by atoms with Crippen LogP contribution >= 0.6 is 0 Å². The van der Waals surface area contributed by atoms with E-state index in [1.165, 1.54) is 0 Å². The molecule has 2 aromatic rings. The number of aromatic nitrogens is 1.